The number of unbranched alkanes of at least 4 members (excludes halogenated alkanes) is 9. The van der Waals surface area contributed by atoms with Gasteiger partial charge in [0.2, 0.25) is 0 Å². The van der Waals surface area contributed by atoms with Crippen LogP contribution in [-0.2, 0) is 19.1 Å². The van der Waals surface area contributed by atoms with E-state index in [1.54, 1.807) is 20.9 Å². The molecule has 0 fully saturated rings. The molecule has 0 aromatic heterocycles. The maximum atomic E-state index is 11.1. The summed E-state index contributed by atoms with van der Waals surface area (Å²) in [6, 6.07) is 0. The van der Waals surface area contributed by atoms with Crippen LogP contribution < -0.4 is 5.32 Å². The zero-order valence-electron chi connectivity index (χ0n) is 18.0. The van der Waals surface area contributed by atoms with Crippen molar-refractivity contribution in [3.63, 3.8) is 0 Å². The summed E-state index contributed by atoms with van der Waals surface area (Å²) in [5, 5.41) is 2.58. The molecule has 0 rings (SSSR count). The van der Waals surface area contributed by atoms with Gasteiger partial charge in [0.25, 0.3) is 0 Å². The maximum Gasteiger partial charge on any atom is 0.353 e. The highest BCUT2D eigenvalue weighted by Crippen LogP contribution is 2.10. The molecule has 5 nitrogen and oxygen atoms in total. The second-order valence-corrected chi connectivity index (χ2v) is 6.55. The Morgan fingerprint density at radius 1 is 0.778 bits per heavy atom. The van der Waals surface area contributed by atoms with Crippen LogP contribution in [0.25, 0.3) is 0 Å². The van der Waals surface area contributed by atoms with E-state index >= 15 is 0 Å². The summed E-state index contributed by atoms with van der Waals surface area (Å²) in [6.45, 7) is 13.6. The minimum atomic E-state index is -0.389. The number of rotatable bonds is 15. The molecule has 0 saturated heterocycles. The van der Waals surface area contributed by atoms with Gasteiger partial charge < -0.3 is 14.8 Å². The third kappa shape index (κ3) is 20.4. The van der Waals surface area contributed by atoms with Crippen LogP contribution in [0.3, 0.4) is 0 Å². The molecular weight excluding hydrogens is 342 g/mol. The number of hydrogen-bond donors (Lipinski definition) is 1. The molecule has 1 N–H and O–H groups in total. The molecule has 0 aliphatic rings. The summed E-state index contributed by atoms with van der Waals surface area (Å²) in [4.78, 5) is 21.7. The summed E-state index contributed by atoms with van der Waals surface area (Å²) in [6.07, 6.45) is 13.0. The van der Waals surface area contributed by atoms with Crippen molar-refractivity contribution in [2.75, 3.05) is 20.3 Å². The van der Waals surface area contributed by atoms with Gasteiger partial charge in [-0.3, -0.25) is 0 Å². The number of nitrogens with one attached hydrogen (secondary N) is 1. The smallest absolute Gasteiger partial charge is 0.353 e. The lowest BCUT2D eigenvalue weighted by molar-refractivity contribution is -0.139. The Balaban J connectivity index is 0. The van der Waals surface area contributed by atoms with Gasteiger partial charge >= 0.3 is 11.9 Å². The predicted octanol–water partition coefficient (Wildman–Crippen LogP) is 5.31. The number of likely N-dealkylation sites (N-methyl/N-ethyl adjacent to an activating group) is 1. The standard InChI is InChI=1S/C16H30O2.C6H11NO2/c1-4-5-6-7-8-9-10-11-12-13-14-18-16(17)15(2)3;1-4-9-6(8)5(2)7-3/h2,4-14H2,1,3H3;7H,2,4H2,1,3H3. The first kappa shape index (κ1) is 27.4. The Hall–Kier alpha value is -1.78. The van der Waals surface area contributed by atoms with Crippen LogP contribution in [0.1, 0.15) is 85.0 Å². The minimum Gasteiger partial charge on any atom is -0.462 e. The van der Waals surface area contributed by atoms with Crippen molar-refractivity contribution >= 4 is 11.9 Å². The molecule has 158 valence electrons. The van der Waals surface area contributed by atoms with Crippen molar-refractivity contribution < 1.29 is 19.1 Å². The first-order chi connectivity index (χ1) is 12.9. The Labute approximate surface area is 166 Å². The van der Waals surface area contributed by atoms with E-state index in [0.717, 1.165) is 6.42 Å². The second kappa shape index (κ2) is 20.5. The monoisotopic (exact) mass is 383 g/mol. The summed E-state index contributed by atoms with van der Waals surface area (Å²) in [5.41, 5.74) is 0.777. The van der Waals surface area contributed by atoms with Crippen molar-refractivity contribution in [1.29, 1.82) is 0 Å². The molecule has 0 spiro atoms. The molecule has 0 aromatic rings. The summed E-state index contributed by atoms with van der Waals surface area (Å²) < 4.78 is 9.63. The van der Waals surface area contributed by atoms with Gasteiger partial charge in [0.15, 0.2) is 0 Å². The van der Waals surface area contributed by atoms with Crippen LogP contribution in [0, 0.1) is 0 Å². The van der Waals surface area contributed by atoms with E-state index < -0.39 is 0 Å². The van der Waals surface area contributed by atoms with Crippen LogP contribution >= 0.6 is 0 Å². The highest BCUT2D eigenvalue weighted by atomic mass is 16.5. The normalized spacial score (nSPS) is 9.63. The Morgan fingerprint density at radius 2 is 1.26 bits per heavy atom. The molecular formula is C22H41NO4. The molecule has 0 atom stereocenters. The van der Waals surface area contributed by atoms with Crippen molar-refractivity contribution in [3.05, 3.63) is 24.4 Å². The van der Waals surface area contributed by atoms with Gasteiger partial charge in [-0.05, 0) is 20.3 Å². The fourth-order valence-corrected chi connectivity index (χ4v) is 2.20. The molecule has 0 unspecified atom stereocenters. The van der Waals surface area contributed by atoms with Crippen molar-refractivity contribution in [2.45, 2.75) is 85.0 Å². The van der Waals surface area contributed by atoms with Gasteiger partial charge in [-0.15, -0.1) is 0 Å². The van der Waals surface area contributed by atoms with Crippen LogP contribution in [0.4, 0.5) is 0 Å². The summed E-state index contributed by atoms with van der Waals surface area (Å²) in [7, 11) is 1.62. The maximum absolute atomic E-state index is 11.1. The van der Waals surface area contributed by atoms with Crippen LogP contribution in [0.5, 0.6) is 0 Å². The predicted molar refractivity (Wildman–Crippen MR) is 112 cm³/mol. The van der Waals surface area contributed by atoms with Gasteiger partial charge in [-0.25, -0.2) is 9.59 Å². The van der Waals surface area contributed by atoms with Gasteiger partial charge in [0.1, 0.15) is 5.70 Å². The van der Waals surface area contributed by atoms with Crippen LogP contribution in [0.15, 0.2) is 24.4 Å². The molecule has 0 heterocycles. The first-order valence-electron chi connectivity index (χ1n) is 10.3. The Kier molecular flexibility index (Phi) is 20.9. The average molecular weight is 384 g/mol. The molecule has 27 heavy (non-hydrogen) atoms. The fourth-order valence-electron chi connectivity index (χ4n) is 2.20. The zero-order valence-corrected chi connectivity index (χ0v) is 18.0. The highest BCUT2D eigenvalue weighted by molar-refractivity contribution is 5.87. The van der Waals surface area contributed by atoms with E-state index in [4.69, 9.17) is 4.74 Å². The number of carbonyl (C=O) groups excluding carboxylic acids is 2. The molecule has 0 radical (unpaired) electrons. The SMILES string of the molecule is C=C(C)C(=O)OCCCCCCCCCCCC.C=C(NC)C(=O)OCC. The lowest BCUT2D eigenvalue weighted by Crippen LogP contribution is -2.17. The van der Waals surface area contributed by atoms with Gasteiger partial charge in [-0.2, -0.15) is 0 Å². The summed E-state index contributed by atoms with van der Waals surface area (Å²) in [5.74, 6) is -0.647. The quantitative estimate of drug-likeness (QED) is 0.236. The number of ether oxygens (including phenoxy) is 2. The third-order valence-corrected chi connectivity index (χ3v) is 3.90. The molecule has 5 heteroatoms. The molecule has 0 bridgehead atoms. The van der Waals surface area contributed by atoms with Gasteiger partial charge in [0, 0.05) is 12.6 Å². The fraction of sp³-hybridized carbons (Fsp3) is 0.727. The van der Waals surface area contributed by atoms with E-state index in [0.29, 0.717) is 18.8 Å². The van der Waals surface area contributed by atoms with Gasteiger partial charge in [0.05, 0.1) is 13.2 Å². The second-order valence-electron chi connectivity index (χ2n) is 6.55. The number of esters is 2. The molecule has 0 amide bonds. The average Bonchev–Trinajstić information content (AvgIpc) is 2.65. The molecule has 0 saturated carbocycles. The first-order valence-corrected chi connectivity index (χ1v) is 10.3. The van der Waals surface area contributed by atoms with E-state index in [-0.39, 0.29) is 17.6 Å². The lowest BCUT2D eigenvalue weighted by atomic mass is 10.1. The number of hydrogen-bond acceptors (Lipinski definition) is 5. The molecule has 0 aromatic carbocycles. The van der Waals surface area contributed by atoms with Crippen LogP contribution in [0.2, 0.25) is 0 Å². The van der Waals surface area contributed by atoms with E-state index in [1.807, 2.05) is 0 Å². The highest BCUT2D eigenvalue weighted by Gasteiger charge is 2.03. The summed E-state index contributed by atoms with van der Waals surface area (Å²) >= 11 is 0. The largest absolute Gasteiger partial charge is 0.462 e. The Morgan fingerprint density at radius 3 is 1.67 bits per heavy atom. The Bertz CT molecular complexity index is 419. The molecule has 0 aliphatic carbocycles. The minimum absolute atomic E-state index is 0.258. The lowest BCUT2D eigenvalue weighted by Gasteiger charge is -2.04. The van der Waals surface area contributed by atoms with Crippen molar-refractivity contribution in [3.8, 4) is 0 Å². The van der Waals surface area contributed by atoms with E-state index in [9.17, 15) is 9.59 Å². The van der Waals surface area contributed by atoms with Crippen molar-refractivity contribution in [2.24, 2.45) is 0 Å². The van der Waals surface area contributed by atoms with E-state index in [1.165, 1.54) is 57.8 Å². The topological polar surface area (TPSA) is 64.6 Å². The van der Waals surface area contributed by atoms with Crippen molar-refractivity contribution in [1.82, 2.24) is 5.32 Å². The molecule has 0 aliphatic heterocycles. The van der Waals surface area contributed by atoms with E-state index in [2.05, 4.69) is 30.1 Å². The van der Waals surface area contributed by atoms with Crippen LogP contribution in [-0.4, -0.2) is 32.2 Å². The third-order valence-electron chi connectivity index (χ3n) is 3.90. The van der Waals surface area contributed by atoms with Gasteiger partial charge in [-0.1, -0.05) is 77.9 Å². The number of carbonyl (C=O) groups is 2. The zero-order chi connectivity index (χ0) is 20.9.